The summed E-state index contributed by atoms with van der Waals surface area (Å²) in [5, 5.41) is 8.22. The maximum Gasteiger partial charge on any atom is 0.330 e. The highest BCUT2D eigenvalue weighted by Gasteiger charge is 2.56. The first kappa shape index (κ1) is 21.5. The van der Waals surface area contributed by atoms with Crippen LogP contribution in [0.4, 0.5) is 4.39 Å². The van der Waals surface area contributed by atoms with Crippen LogP contribution >= 0.6 is 0 Å². The third kappa shape index (κ3) is 4.45. The van der Waals surface area contributed by atoms with Crippen LogP contribution in [0.15, 0.2) is 52.3 Å². The first-order valence-electron chi connectivity index (χ1n) is 10.4. The zero-order chi connectivity index (χ0) is 23.2. The normalized spacial score (nSPS) is 25.8. The number of aromatic amines is 1. The summed E-state index contributed by atoms with van der Waals surface area (Å²) in [6.45, 7) is 4.02. The second-order valence-corrected chi connectivity index (χ2v) is 8.32. The van der Waals surface area contributed by atoms with Gasteiger partial charge in [0.2, 0.25) is 0 Å². The maximum absolute atomic E-state index is 13.0. The minimum absolute atomic E-state index is 0.158. The van der Waals surface area contributed by atoms with Gasteiger partial charge in [0.15, 0.2) is 12.0 Å². The molecule has 2 fully saturated rings. The third-order valence-electron chi connectivity index (χ3n) is 5.40. The second kappa shape index (κ2) is 8.21. The summed E-state index contributed by atoms with van der Waals surface area (Å²) < 4.78 is 39.7. The van der Waals surface area contributed by atoms with E-state index in [0.29, 0.717) is 18.0 Å². The molecule has 5 rings (SSSR count). The van der Waals surface area contributed by atoms with Crippen molar-refractivity contribution in [1.82, 2.24) is 24.5 Å². The van der Waals surface area contributed by atoms with Crippen molar-refractivity contribution in [3.8, 4) is 5.75 Å². The minimum atomic E-state index is -0.863. The monoisotopic (exact) mass is 459 g/mol. The number of hydrogen-bond donors (Lipinski definition) is 1. The van der Waals surface area contributed by atoms with Crippen LogP contribution in [0.1, 0.15) is 25.8 Å². The van der Waals surface area contributed by atoms with Crippen molar-refractivity contribution in [3.05, 3.63) is 75.1 Å². The quantitative estimate of drug-likeness (QED) is 0.579. The van der Waals surface area contributed by atoms with E-state index in [-0.39, 0.29) is 12.4 Å². The number of benzene rings is 1. The lowest BCUT2D eigenvalue weighted by Crippen LogP contribution is -2.37. The summed E-state index contributed by atoms with van der Waals surface area (Å²) >= 11 is 0. The Kier molecular flexibility index (Phi) is 5.35. The molecule has 0 unspecified atom stereocenters. The molecule has 0 spiro atoms. The van der Waals surface area contributed by atoms with Gasteiger partial charge in [-0.25, -0.2) is 13.9 Å². The van der Waals surface area contributed by atoms with Crippen molar-refractivity contribution < 1.29 is 23.3 Å². The van der Waals surface area contributed by atoms with Crippen molar-refractivity contribution in [2.75, 3.05) is 0 Å². The number of hydrogen-bond acceptors (Lipinski definition) is 8. The number of nitrogens with one attached hydrogen (secondary N) is 1. The van der Waals surface area contributed by atoms with Crippen LogP contribution in [0.5, 0.6) is 5.75 Å². The lowest BCUT2D eigenvalue weighted by molar-refractivity contribution is -0.198. The van der Waals surface area contributed by atoms with E-state index in [9.17, 15) is 14.0 Å². The van der Waals surface area contributed by atoms with Crippen LogP contribution in [-0.2, 0) is 27.4 Å². The van der Waals surface area contributed by atoms with Crippen LogP contribution in [0.25, 0.3) is 0 Å². The van der Waals surface area contributed by atoms with Crippen molar-refractivity contribution in [2.45, 2.75) is 57.3 Å². The Balaban J connectivity index is 1.30. The Morgan fingerprint density at radius 1 is 1.15 bits per heavy atom. The molecule has 2 aromatic heterocycles. The van der Waals surface area contributed by atoms with Crippen molar-refractivity contribution in [3.63, 3.8) is 0 Å². The maximum atomic E-state index is 13.0. The molecule has 174 valence electrons. The highest BCUT2D eigenvalue weighted by molar-refractivity contribution is 5.22. The zero-order valence-corrected chi connectivity index (χ0v) is 17.9. The fraction of sp³-hybridized carbons (Fsp3) is 0.429. The molecule has 33 heavy (non-hydrogen) atoms. The van der Waals surface area contributed by atoms with Gasteiger partial charge in [-0.2, -0.15) is 0 Å². The molecule has 4 heterocycles. The molecule has 1 aromatic carbocycles. The van der Waals surface area contributed by atoms with E-state index in [0.717, 1.165) is 0 Å². The van der Waals surface area contributed by atoms with Crippen molar-refractivity contribution in [1.29, 1.82) is 0 Å². The molecule has 0 aliphatic carbocycles. The van der Waals surface area contributed by atoms with E-state index in [2.05, 4.69) is 15.3 Å². The molecule has 4 atom stereocenters. The lowest BCUT2D eigenvalue weighted by atomic mass is 10.1. The SMILES string of the molecule is CC1(C)O[C@@H]2[C@H](O1)[C@@H](Cn1cc(COc3ccc(F)cc3)nn1)O[C@H]2n1ccc(=O)[nH]c1=O. The molecule has 0 radical (unpaired) electrons. The van der Waals surface area contributed by atoms with Gasteiger partial charge in [0, 0.05) is 12.3 Å². The molecule has 2 saturated heterocycles. The van der Waals surface area contributed by atoms with Gasteiger partial charge in [-0.3, -0.25) is 14.3 Å². The van der Waals surface area contributed by atoms with Gasteiger partial charge in [-0.1, -0.05) is 5.21 Å². The lowest BCUT2D eigenvalue weighted by Gasteiger charge is -2.24. The molecule has 11 nitrogen and oxygen atoms in total. The molecular formula is C21H22FN5O6. The summed E-state index contributed by atoms with van der Waals surface area (Å²) in [5.41, 5.74) is -0.517. The first-order chi connectivity index (χ1) is 15.8. The Morgan fingerprint density at radius 2 is 1.91 bits per heavy atom. The van der Waals surface area contributed by atoms with E-state index in [1.165, 1.54) is 41.1 Å². The number of fused-ring (bicyclic) bond motifs is 1. The van der Waals surface area contributed by atoms with Gasteiger partial charge in [-0.05, 0) is 38.1 Å². The van der Waals surface area contributed by atoms with E-state index < -0.39 is 41.6 Å². The molecule has 3 aromatic rings. The smallest absolute Gasteiger partial charge is 0.330 e. The second-order valence-electron chi connectivity index (χ2n) is 8.32. The summed E-state index contributed by atoms with van der Waals surface area (Å²) in [6, 6.07) is 6.94. The molecule has 12 heteroatoms. The fourth-order valence-electron chi connectivity index (χ4n) is 4.02. The number of ether oxygens (including phenoxy) is 4. The molecule has 2 aliphatic heterocycles. The highest BCUT2D eigenvalue weighted by atomic mass is 19.1. The van der Waals surface area contributed by atoms with Crippen LogP contribution in [0.2, 0.25) is 0 Å². The van der Waals surface area contributed by atoms with Gasteiger partial charge in [0.25, 0.3) is 5.56 Å². The number of aromatic nitrogens is 5. The Labute approximate surface area is 186 Å². The Bertz CT molecular complexity index is 1250. The van der Waals surface area contributed by atoms with Crippen LogP contribution in [0.3, 0.4) is 0 Å². The van der Waals surface area contributed by atoms with E-state index in [4.69, 9.17) is 18.9 Å². The van der Waals surface area contributed by atoms with Gasteiger partial charge in [-0.15, -0.1) is 5.10 Å². The average Bonchev–Trinajstić information content (AvgIpc) is 3.42. The zero-order valence-electron chi connectivity index (χ0n) is 17.9. The predicted molar refractivity (Wildman–Crippen MR) is 110 cm³/mol. The van der Waals surface area contributed by atoms with Crippen molar-refractivity contribution in [2.24, 2.45) is 0 Å². The number of rotatable bonds is 6. The van der Waals surface area contributed by atoms with Crippen LogP contribution < -0.4 is 16.0 Å². The number of halogens is 1. The predicted octanol–water partition coefficient (Wildman–Crippen LogP) is 0.964. The Hall–Kier alpha value is -3.35. The largest absolute Gasteiger partial charge is 0.487 e. The van der Waals surface area contributed by atoms with Gasteiger partial charge < -0.3 is 18.9 Å². The van der Waals surface area contributed by atoms with Crippen LogP contribution in [-0.4, -0.2) is 48.6 Å². The van der Waals surface area contributed by atoms with Crippen molar-refractivity contribution >= 4 is 0 Å². The third-order valence-corrected chi connectivity index (χ3v) is 5.40. The van der Waals surface area contributed by atoms with E-state index in [1.54, 1.807) is 24.7 Å². The summed E-state index contributed by atoms with van der Waals surface area (Å²) in [7, 11) is 0. The molecule has 2 aliphatic rings. The standard InChI is InChI=1S/C21H22FN5O6/c1-21(2)32-17-15(31-19(18(17)33-21)27-8-7-16(28)23-20(27)29)10-26-9-13(24-25-26)11-30-14-5-3-12(22)4-6-14/h3-9,15,17-19H,10-11H2,1-2H3,(H,23,28,29)/t15-,17-,18-,19-/m1/s1. The average molecular weight is 459 g/mol. The molecular weight excluding hydrogens is 437 g/mol. The summed E-state index contributed by atoms with van der Waals surface area (Å²) in [6.07, 6.45) is 0.789. The van der Waals surface area contributed by atoms with Crippen LogP contribution in [0, 0.1) is 5.82 Å². The summed E-state index contributed by atoms with van der Waals surface area (Å²) in [4.78, 5) is 26.0. The molecule has 0 amide bonds. The Morgan fingerprint density at radius 3 is 2.67 bits per heavy atom. The van der Waals surface area contributed by atoms with E-state index >= 15 is 0 Å². The van der Waals surface area contributed by atoms with Gasteiger partial charge >= 0.3 is 5.69 Å². The number of H-pyrrole nitrogens is 1. The minimum Gasteiger partial charge on any atom is -0.487 e. The highest BCUT2D eigenvalue weighted by Crippen LogP contribution is 2.42. The molecule has 1 N–H and O–H groups in total. The van der Waals surface area contributed by atoms with E-state index in [1.807, 2.05) is 0 Å². The molecule has 0 bridgehead atoms. The first-order valence-corrected chi connectivity index (χ1v) is 10.4. The topological polar surface area (TPSA) is 122 Å². The fourth-order valence-corrected chi connectivity index (χ4v) is 4.02. The van der Waals surface area contributed by atoms with Gasteiger partial charge in [0.05, 0.1) is 12.7 Å². The summed E-state index contributed by atoms with van der Waals surface area (Å²) in [5.74, 6) is -0.689. The number of nitrogens with zero attached hydrogens (tertiary/aromatic N) is 4. The van der Waals surface area contributed by atoms with Gasteiger partial charge in [0.1, 0.15) is 42.2 Å². The molecule has 0 saturated carbocycles.